The number of allylic oxidation sites excluding steroid dienone is 2. The number of carboxylic acid groups (broad SMARTS) is 1. The normalized spacial score (nSPS) is 15.5. The largest absolute Gasteiger partial charge is 0.481 e. The van der Waals surface area contributed by atoms with Crippen LogP contribution in [0.2, 0.25) is 0 Å². The Balaban J connectivity index is 0. The van der Waals surface area contributed by atoms with E-state index in [0.29, 0.717) is 6.42 Å². The third kappa shape index (κ3) is 21.0. The third-order valence-corrected chi connectivity index (χ3v) is 9.95. The van der Waals surface area contributed by atoms with E-state index < -0.39 is 42.8 Å². The Hall–Kier alpha value is -0.886. The van der Waals surface area contributed by atoms with E-state index >= 15 is 0 Å². The number of carboxylic acids is 1. The molecule has 0 saturated heterocycles. The number of ketones is 1. The highest BCUT2D eigenvalue weighted by atomic mass is 28.2. The second-order valence-electron chi connectivity index (χ2n) is 9.53. The van der Waals surface area contributed by atoms with Gasteiger partial charge in [0.1, 0.15) is 24.4 Å². The topological polar surface area (TPSA) is 156 Å². The molecule has 0 spiro atoms. The average molecular weight is 537 g/mol. The van der Waals surface area contributed by atoms with E-state index in [4.69, 9.17) is 30.6 Å². The molecule has 0 radical (unpaired) electrons. The summed E-state index contributed by atoms with van der Waals surface area (Å²) in [5.74, 6) is -1.38. The molecule has 208 valence electrons. The first kappa shape index (κ1) is 36.3. The van der Waals surface area contributed by atoms with Gasteiger partial charge in [0, 0.05) is 26.9 Å². The van der Waals surface area contributed by atoms with Crippen LogP contribution in [0.5, 0.6) is 0 Å². The number of unbranched alkanes of at least 4 members (excludes halogenated alkanes) is 9. The fraction of sp³-hybridized carbons (Fsp3) is 0.840. The van der Waals surface area contributed by atoms with E-state index in [1.54, 1.807) is 10.4 Å². The van der Waals surface area contributed by atoms with Crippen molar-refractivity contribution in [3.8, 4) is 0 Å². The Morgan fingerprint density at radius 3 is 1.46 bits per heavy atom. The second-order valence-corrected chi connectivity index (χ2v) is 11.9. The zero-order valence-electron chi connectivity index (χ0n) is 22.4. The van der Waals surface area contributed by atoms with Crippen LogP contribution in [-0.2, 0) is 9.59 Å². The summed E-state index contributed by atoms with van der Waals surface area (Å²) in [6.07, 6.45) is 10.3. The fourth-order valence-electron chi connectivity index (χ4n) is 3.56. The van der Waals surface area contributed by atoms with Gasteiger partial charge in [-0.05, 0) is 39.0 Å². The van der Waals surface area contributed by atoms with E-state index in [9.17, 15) is 9.59 Å². The Labute approximate surface area is 217 Å². The molecule has 35 heavy (non-hydrogen) atoms. The number of aliphatic hydroxyl groups excluding tert-OH is 5. The minimum Gasteiger partial charge on any atom is -0.481 e. The number of aliphatic hydroxyl groups is 5. The minimum absolute atomic E-state index is 0.342. The van der Waals surface area contributed by atoms with Crippen molar-refractivity contribution in [1.82, 2.24) is 0 Å². The van der Waals surface area contributed by atoms with Crippen LogP contribution in [-0.4, -0.2) is 93.9 Å². The number of Topliss-reactive ketones (excluding diaryl/α,β-unsaturated/α-hetero) is 1. The molecule has 0 saturated carbocycles. The molecule has 0 aromatic heterocycles. The highest BCUT2D eigenvalue weighted by Crippen LogP contribution is 2.16. The number of carbonyl (C=O) groups is 2. The number of aliphatic carboxylic acids is 1. The smallest absolute Gasteiger partial charge is 0.303 e. The van der Waals surface area contributed by atoms with Crippen LogP contribution in [0.4, 0.5) is 0 Å². The van der Waals surface area contributed by atoms with Gasteiger partial charge in [-0.1, -0.05) is 68.7 Å². The fourth-order valence-corrected chi connectivity index (χ4v) is 4.76. The summed E-state index contributed by atoms with van der Waals surface area (Å²) in [4.78, 5) is 20.9. The molecule has 0 rings (SSSR count). The lowest BCUT2D eigenvalue weighted by atomic mass is 10.0. The Morgan fingerprint density at radius 1 is 0.686 bits per heavy atom. The maximum absolute atomic E-state index is 10.5. The van der Waals surface area contributed by atoms with Gasteiger partial charge in [0.05, 0.1) is 6.61 Å². The predicted octanol–water partition coefficient (Wildman–Crippen LogP) is 0.506. The lowest BCUT2D eigenvalue weighted by Gasteiger charge is -2.23. The summed E-state index contributed by atoms with van der Waals surface area (Å²) in [5.41, 5.74) is 0. The lowest BCUT2D eigenvalue weighted by Crippen LogP contribution is -2.48. The maximum atomic E-state index is 10.5. The molecule has 0 amide bonds. The molecule has 0 aromatic rings. The van der Waals surface area contributed by atoms with E-state index in [0.717, 1.165) is 19.8 Å². The van der Waals surface area contributed by atoms with Crippen LogP contribution >= 0.6 is 0 Å². The van der Waals surface area contributed by atoms with Crippen LogP contribution in [0.3, 0.4) is 0 Å². The van der Waals surface area contributed by atoms with Crippen LogP contribution in [0, 0.1) is 0 Å². The average Bonchev–Trinajstić information content (AvgIpc) is 2.83. The number of carbonyl (C=O) groups excluding carboxylic acids is 1. The van der Waals surface area contributed by atoms with Gasteiger partial charge in [-0.2, -0.15) is 0 Å². The summed E-state index contributed by atoms with van der Waals surface area (Å²) in [5, 5.41) is 56.5. The molecule has 0 heterocycles. The Bertz CT molecular complexity index is 586. The van der Waals surface area contributed by atoms with Crippen molar-refractivity contribution in [3.63, 3.8) is 0 Å². The van der Waals surface area contributed by atoms with Crippen LogP contribution in [0.15, 0.2) is 10.4 Å². The minimum atomic E-state index is -1.79. The van der Waals surface area contributed by atoms with E-state index in [1.165, 1.54) is 91.1 Å². The standard InChI is InChI=1S/C18H38O2Si2.C7H14O6/c1-2-3-4-5-7-10-13-16(21)17(22)14-11-8-6-9-12-15-18(19)20;1-3(9)5(11)7(13)6(12)4(10)2-8/h2-15H2,1,21-22H3,(H,19,20);4-8,10-13H,2H2,1H3/b17-16-;/t;4-,5+,6-,7-/m.1/s1. The zero-order valence-corrected chi connectivity index (χ0v) is 26.4. The number of rotatable bonds is 20. The summed E-state index contributed by atoms with van der Waals surface area (Å²) >= 11 is 0. The molecule has 6 N–H and O–H groups in total. The van der Waals surface area contributed by atoms with Crippen molar-refractivity contribution >= 4 is 32.2 Å². The maximum Gasteiger partial charge on any atom is 0.303 e. The van der Waals surface area contributed by atoms with Gasteiger partial charge < -0.3 is 30.6 Å². The second kappa shape index (κ2) is 23.5. The Kier molecular flexibility index (Phi) is 24.4. The summed E-state index contributed by atoms with van der Waals surface area (Å²) in [6, 6.07) is 0. The highest BCUT2D eigenvalue weighted by molar-refractivity contribution is 6.31. The SMILES string of the molecule is CC(=O)[C@H](O)[C@@H](O)[C@H](O)[C@H](O)CO.CCCCCCCC/C([SiH3])=C(/[SiH3])CCCCCCCC(=O)O. The van der Waals surface area contributed by atoms with Crippen LogP contribution < -0.4 is 0 Å². The molecule has 10 heteroatoms. The van der Waals surface area contributed by atoms with Crippen LogP contribution in [0.25, 0.3) is 0 Å². The summed E-state index contributed by atoms with van der Waals surface area (Å²) in [6.45, 7) is 2.55. The van der Waals surface area contributed by atoms with Gasteiger partial charge in [-0.25, -0.2) is 0 Å². The van der Waals surface area contributed by atoms with Crippen molar-refractivity contribution in [2.24, 2.45) is 0 Å². The first-order chi connectivity index (χ1) is 16.5. The van der Waals surface area contributed by atoms with E-state index in [1.807, 2.05) is 0 Å². The first-order valence-electron chi connectivity index (χ1n) is 13.2. The molecule has 0 fully saturated rings. The molecule has 0 aliphatic carbocycles. The molecule has 0 aliphatic rings. The third-order valence-electron chi connectivity index (χ3n) is 6.25. The van der Waals surface area contributed by atoms with Gasteiger partial charge in [0.15, 0.2) is 5.78 Å². The monoisotopic (exact) mass is 536 g/mol. The molecular formula is C25H52O8Si2. The zero-order chi connectivity index (χ0) is 27.2. The highest BCUT2D eigenvalue weighted by Gasteiger charge is 2.32. The summed E-state index contributed by atoms with van der Waals surface area (Å²) < 4.78 is 0. The van der Waals surface area contributed by atoms with E-state index in [2.05, 4.69) is 6.92 Å². The molecule has 0 aromatic carbocycles. The molecule has 4 atom stereocenters. The lowest BCUT2D eigenvalue weighted by molar-refractivity contribution is -0.145. The van der Waals surface area contributed by atoms with Crippen molar-refractivity contribution in [2.75, 3.05) is 6.61 Å². The molecule has 0 aliphatic heterocycles. The van der Waals surface area contributed by atoms with Gasteiger partial charge in [0.25, 0.3) is 0 Å². The van der Waals surface area contributed by atoms with Crippen molar-refractivity contribution in [1.29, 1.82) is 0 Å². The summed E-state index contributed by atoms with van der Waals surface area (Å²) in [7, 11) is 2.51. The molecule has 8 nitrogen and oxygen atoms in total. The number of hydrogen-bond acceptors (Lipinski definition) is 7. The van der Waals surface area contributed by atoms with E-state index in [-0.39, 0.29) is 0 Å². The van der Waals surface area contributed by atoms with Gasteiger partial charge in [0.2, 0.25) is 0 Å². The Morgan fingerprint density at radius 2 is 1.09 bits per heavy atom. The van der Waals surface area contributed by atoms with Crippen molar-refractivity contribution < 1.29 is 40.2 Å². The molecular weight excluding hydrogens is 484 g/mol. The van der Waals surface area contributed by atoms with Crippen molar-refractivity contribution in [3.05, 3.63) is 10.4 Å². The van der Waals surface area contributed by atoms with Gasteiger partial charge in [-0.15, -0.1) is 0 Å². The molecule has 0 unspecified atom stereocenters. The first-order valence-corrected chi connectivity index (χ1v) is 15.2. The van der Waals surface area contributed by atoms with Gasteiger partial charge in [-0.3, -0.25) is 9.59 Å². The van der Waals surface area contributed by atoms with Crippen molar-refractivity contribution in [2.45, 2.75) is 128 Å². The predicted molar refractivity (Wildman–Crippen MR) is 147 cm³/mol. The number of hydrogen-bond donors (Lipinski definition) is 6. The molecule has 0 bridgehead atoms. The van der Waals surface area contributed by atoms with Gasteiger partial charge >= 0.3 is 5.97 Å². The van der Waals surface area contributed by atoms with Crippen LogP contribution in [0.1, 0.15) is 104 Å². The quantitative estimate of drug-likeness (QED) is 0.0971.